The van der Waals surface area contributed by atoms with Crippen LogP contribution in [0.25, 0.3) is 0 Å². The van der Waals surface area contributed by atoms with E-state index in [1.54, 1.807) is 31.6 Å². The molecule has 4 heteroatoms. The zero-order chi connectivity index (χ0) is 15.5. The molecule has 0 unspecified atom stereocenters. The van der Waals surface area contributed by atoms with Crippen molar-refractivity contribution in [2.75, 3.05) is 12.0 Å². The zero-order valence-corrected chi connectivity index (χ0v) is 12.9. The van der Waals surface area contributed by atoms with Gasteiger partial charge in [-0.1, -0.05) is 0 Å². The summed E-state index contributed by atoms with van der Waals surface area (Å²) in [6.07, 6.45) is 5.69. The predicted octanol–water partition coefficient (Wildman–Crippen LogP) is 3.54. The van der Waals surface area contributed by atoms with E-state index in [0.29, 0.717) is 11.5 Å². The molecule has 22 heavy (non-hydrogen) atoms. The quantitative estimate of drug-likeness (QED) is 0.847. The lowest BCUT2D eigenvalue weighted by atomic mass is 10.1. The van der Waals surface area contributed by atoms with Crippen LogP contribution < -0.4 is 9.64 Å². The molecule has 114 valence electrons. The molecule has 1 aromatic heterocycles. The van der Waals surface area contributed by atoms with Crippen molar-refractivity contribution < 1.29 is 9.53 Å². The zero-order valence-electron chi connectivity index (χ0n) is 12.9. The molecule has 2 aromatic rings. The topological polar surface area (TPSA) is 42.4 Å². The van der Waals surface area contributed by atoms with E-state index in [1.807, 2.05) is 29.2 Å². The number of aromatic nitrogens is 1. The fourth-order valence-electron chi connectivity index (χ4n) is 2.70. The van der Waals surface area contributed by atoms with Gasteiger partial charge >= 0.3 is 0 Å². The number of benzene rings is 1. The average Bonchev–Trinajstić information content (AvgIpc) is 3.41. The Bertz CT molecular complexity index is 636. The predicted molar refractivity (Wildman–Crippen MR) is 86.2 cm³/mol. The molecule has 1 aliphatic carbocycles. The van der Waals surface area contributed by atoms with Crippen molar-refractivity contribution in [3.63, 3.8) is 0 Å². The van der Waals surface area contributed by atoms with E-state index in [0.717, 1.165) is 11.4 Å². The van der Waals surface area contributed by atoms with Crippen molar-refractivity contribution >= 4 is 11.6 Å². The molecule has 1 aromatic carbocycles. The molecule has 0 radical (unpaired) electrons. The summed E-state index contributed by atoms with van der Waals surface area (Å²) in [5.41, 5.74) is 1.57. The molecule has 3 rings (SSSR count). The molecule has 1 heterocycles. The molecule has 0 spiro atoms. The van der Waals surface area contributed by atoms with Crippen molar-refractivity contribution in [3.8, 4) is 5.75 Å². The van der Waals surface area contributed by atoms with E-state index < -0.39 is 0 Å². The van der Waals surface area contributed by atoms with Crippen molar-refractivity contribution in [2.24, 2.45) is 5.92 Å². The first kappa shape index (κ1) is 14.6. The molecule has 0 bridgehead atoms. The first-order valence-electron chi connectivity index (χ1n) is 7.58. The summed E-state index contributed by atoms with van der Waals surface area (Å²) in [6.45, 7) is 2.13. The Morgan fingerprint density at radius 1 is 1.18 bits per heavy atom. The van der Waals surface area contributed by atoms with Gasteiger partial charge in [0.25, 0.3) is 5.91 Å². The largest absolute Gasteiger partial charge is 0.497 e. The highest BCUT2D eigenvalue weighted by Crippen LogP contribution is 2.37. The minimum absolute atomic E-state index is 0.0203. The van der Waals surface area contributed by atoms with Gasteiger partial charge in [0, 0.05) is 29.7 Å². The van der Waals surface area contributed by atoms with E-state index in [4.69, 9.17) is 4.74 Å². The van der Waals surface area contributed by atoms with Crippen LogP contribution in [0.2, 0.25) is 0 Å². The number of carbonyl (C=O) groups excluding carboxylic acids is 1. The van der Waals surface area contributed by atoms with Crippen molar-refractivity contribution in [1.82, 2.24) is 4.98 Å². The third-order valence-corrected chi connectivity index (χ3v) is 4.21. The number of carbonyl (C=O) groups is 1. The van der Waals surface area contributed by atoms with E-state index in [2.05, 4.69) is 11.9 Å². The van der Waals surface area contributed by atoms with Crippen LogP contribution in [0.4, 0.5) is 5.69 Å². The van der Waals surface area contributed by atoms with Gasteiger partial charge in [-0.25, -0.2) is 0 Å². The Morgan fingerprint density at radius 3 is 2.36 bits per heavy atom. The lowest BCUT2D eigenvalue weighted by Gasteiger charge is -2.29. The monoisotopic (exact) mass is 296 g/mol. The maximum atomic E-state index is 12.9. The van der Waals surface area contributed by atoms with Crippen molar-refractivity contribution in [1.29, 1.82) is 0 Å². The lowest BCUT2D eigenvalue weighted by molar-refractivity contribution is 0.0975. The summed E-state index contributed by atoms with van der Waals surface area (Å²) in [4.78, 5) is 18.8. The van der Waals surface area contributed by atoms with Crippen LogP contribution >= 0.6 is 0 Å². The third-order valence-electron chi connectivity index (χ3n) is 4.21. The van der Waals surface area contributed by atoms with Gasteiger partial charge < -0.3 is 9.64 Å². The molecule has 1 fully saturated rings. The van der Waals surface area contributed by atoms with Crippen molar-refractivity contribution in [2.45, 2.75) is 25.8 Å². The Kier molecular flexibility index (Phi) is 4.09. The number of ether oxygens (including phenoxy) is 1. The molecule has 1 saturated carbocycles. The maximum Gasteiger partial charge on any atom is 0.258 e. The van der Waals surface area contributed by atoms with Gasteiger partial charge in [0.1, 0.15) is 5.75 Å². The molecule has 4 nitrogen and oxygen atoms in total. The first-order chi connectivity index (χ1) is 10.7. The molecule has 1 atom stereocenters. The summed E-state index contributed by atoms with van der Waals surface area (Å²) in [5, 5.41) is 0. The second-order valence-corrected chi connectivity index (χ2v) is 5.69. The van der Waals surface area contributed by atoms with Crippen LogP contribution in [0.5, 0.6) is 5.75 Å². The summed E-state index contributed by atoms with van der Waals surface area (Å²) in [6, 6.07) is 11.4. The summed E-state index contributed by atoms with van der Waals surface area (Å²) in [5.74, 6) is 1.40. The van der Waals surface area contributed by atoms with E-state index in [1.165, 1.54) is 12.8 Å². The van der Waals surface area contributed by atoms with Gasteiger partial charge in [0.2, 0.25) is 0 Å². The van der Waals surface area contributed by atoms with Gasteiger partial charge in [-0.3, -0.25) is 9.78 Å². The maximum absolute atomic E-state index is 12.9. The smallest absolute Gasteiger partial charge is 0.258 e. The second-order valence-electron chi connectivity index (χ2n) is 5.69. The molecular weight excluding hydrogens is 276 g/mol. The Labute approximate surface area is 130 Å². The molecular formula is C18H20N2O2. The van der Waals surface area contributed by atoms with Crippen molar-refractivity contribution in [3.05, 3.63) is 54.4 Å². The summed E-state index contributed by atoms with van der Waals surface area (Å²) in [7, 11) is 1.64. The van der Waals surface area contributed by atoms with Crippen LogP contribution in [-0.4, -0.2) is 24.0 Å². The first-order valence-corrected chi connectivity index (χ1v) is 7.58. The van der Waals surface area contributed by atoms with Crippen LogP contribution in [-0.2, 0) is 0 Å². The highest BCUT2D eigenvalue weighted by Gasteiger charge is 2.35. The third kappa shape index (κ3) is 2.96. The average molecular weight is 296 g/mol. The fourth-order valence-corrected chi connectivity index (χ4v) is 2.70. The van der Waals surface area contributed by atoms with E-state index >= 15 is 0 Å². The van der Waals surface area contributed by atoms with Crippen LogP contribution in [0, 0.1) is 5.92 Å². The fraction of sp³-hybridized carbons (Fsp3) is 0.333. The number of hydrogen-bond donors (Lipinski definition) is 0. The van der Waals surface area contributed by atoms with Gasteiger partial charge in [0.05, 0.1) is 7.11 Å². The number of pyridine rings is 1. The minimum Gasteiger partial charge on any atom is -0.497 e. The Morgan fingerprint density at radius 2 is 1.82 bits per heavy atom. The number of nitrogens with zero attached hydrogens (tertiary/aromatic N) is 2. The number of amides is 1. The van der Waals surface area contributed by atoms with Gasteiger partial charge in [-0.15, -0.1) is 0 Å². The van der Waals surface area contributed by atoms with Crippen LogP contribution in [0.15, 0.2) is 48.8 Å². The second kappa shape index (κ2) is 6.18. The number of methoxy groups -OCH3 is 1. The Balaban J connectivity index is 1.94. The van der Waals surface area contributed by atoms with Gasteiger partial charge in [0.15, 0.2) is 0 Å². The Hall–Kier alpha value is -2.36. The molecule has 1 aliphatic rings. The highest BCUT2D eigenvalue weighted by molar-refractivity contribution is 6.06. The number of anilines is 1. The minimum atomic E-state index is 0.0203. The molecule has 0 N–H and O–H groups in total. The van der Waals surface area contributed by atoms with Crippen LogP contribution in [0.1, 0.15) is 30.1 Å². The molecule has 0 saturated heterocycles. The summed E-state index contributed by atoms with van der Waals surface area (Å²) < 4.78 is 5.20. The van der Waals surface area contributed by atoms with E-state index in [-0.39, 0.29) is 11.9 Å². The van der Waals surface area contributed by atoms with E-state index in [9.17, 15) is 4.79 Å². The molecule has 0 aliphatic heterocycles. The highest BCUT2D eigenvalue weighted by atomic mass is 16.5. The molecule has 1 amide bonds. The summed E-state index contributed by atoms with van der Waals surface area (Å²) >= 11 is 0. The lowest BCUT2D eigenvalue weighted by Crippen LogP contribution is -2.40. The standard InChI is InChI=1S/C18H20N2O2/c1-13(14-3-4-14)20(16-5-7-17(22-2)8-6-16)18(21)15-9-11-19-12-10-15/h5-14H,3-4H2,1-2H3/t13-/m0/s1. The number of hydrogen-bond acceptors (Lipinski definition) is 3. The van der Waals surface area contributed by atoms with Gasteiger partial charge in [-0.05, 0) is 62.1 Å². The SMILES string of the molecule is COc1ccc(N(C(=O)c2ccncc2)[C@@H](C)C2CC2)cc1. The normalized spacial score (nSPS) is 15.2. The number of rotatable bonds is 5. The van der Waals surface area contributed by atoms with Crippen LogP contribution in [0.3, 0.4) is 0 Å². The van der Waals surface area contributed by atoms with Gasteiger partial charge in [-0.2, -0.15) is 0 Å².